The highest BCUT2D eigenvalue weighted by Gasteiger charge is 2.14. The summed E-state index contributed by atoms with van der Waals surface area (Å²) in [4.78, 5) is 15.9. The molecule has 0 aliphatic carbocycles. The van der Waals surface area contributed by atoms with Gasteiger partial charge in [-0.15, -0.1) is 0 Å². The van der Waals surface area contributed by atoms with E-state index in [0.717, 1.165) is 39.1 Å². The smallest absolute Gasteiger partial charge is 0.261 e. The van der Waals surface area contributed by atoms with E-state index >= 15 is 0 Å². The van der Waals surface area contributed by atoms with Crippen LogP contribution in [0.4, 0.5) is 0 Å². The number of aryl methyl sites for hydroxylation is 1. The number of amides is 1. The average molecular weight is 443 g/mol. The second-order valence-electron chi connectivity index (χ2n) is 7.68. The number of fused-ring (bicyclic) bond motifs is 1. The van der Waals surface area contributed by atoms with Crippen LogP contribution in [0.1, 0.15) is 22.5 Å². The van der Waals surface area contributed by atoms with E-state index in [2.05, 4.69) is 20.9 Å². The number of nitrogens with zero attached hydrogens (tertiary/aromatic N) is 2. The number of carbonyl (C=O) groups is 1. The molecular formula is C26H23ClN4O. The van der Waals surface area contributed by atoms with Crippen LogP contribution in [0.5, 0.6) is 0 Å². The molecule has 0 bridgehead atoms. The summed E-state index contributed by atoms with van der Waals surface area (Å²) >= 11 is 6.15. The average Bonchev–Trinajstić information content (AvgIpc) is 3.32. The van der Waals surface area contributed by atoms with Crippen molar-refractivity contribution in [1.82, 2.24) is 14.9 Å². The van der Waals surface area contributed by atoms with Crippen molar-refractivity contribution in [1.29, 1.82) is 5.26 Å². The van der Waals surface area contributed by atoms with Crippen LogP contribution in [-0.2, 0) is 11.2 Å². The monoisotopic (exact) mass is 442 g/mol. The lowest BCUT2D eigenvalue weighted by Gasteiger charge is -2.10. The normalized spacial score (nSPS) is 11.5. The van der Waals surface area contributed by atoms with Gasteiger partial charge >= 0.3 is 0 Å². The van der Waals surface area contributed by atoms with Crippen molar-refractivity contribution < 1.29 is 4.79 Å². The zero-order chi connectivity index (χ0) is 22.7. The van der Waals surface area contributed by atoms with Crippen LogP contribution in [0.2, 0.25) is 5.02 Å². The van der Waals surface area contributed by atoms with Crippen LogP contribution in [-0.4, -0.2) is 22.0 Å². The van der Waals surface area contributed by atoms with E-state index < -0.39 is 0 Å². The quantitative estimate of drug-likeness (QED) is 0.306. The number of hydrogen-bond donors (Lipinski definition) is 2. The molecule has 4 aromatic rings. The molecule has 0 unspecified atom stereocenters. The third-order valence-corrected chi connectivity index (χ3v) is 5.79. The van der Waals surface area contributed by atoms with Gasteiger partial charge in [0.25, 0.3) is 5.91 Å². The van der Waals surface area contributed by atoms with Crippen LogP contribution in [0.15, 0.2) is 66.4 Å². The summed E-state index contributed by atoms with van der Waals surface area (Å²) in [6, 6.07) is 19.6. The van der Waals surface area contributed by atoms with Crippen LogP contribution in [0, 0.1) is 25.2 Å². The molecule has 2 N–H and O–H groups in total. The molecular weight excluding hydrogens is 420 g/mol. The number of carbonyl (C=O) groups excluding carboxylic acids is 1. The van der Waals surface area contributed by atoms with Gasteiger partial charge in [-0.25, -0.2) is 0 Å². The van der Waals surface area contributed by atoms with Gasteiger partial charge in [0, 0.05) is 45.7 Å². The molecule has 160 valence electrons. The molecule has 2 aromatic heterocycles. The maximum Gasteiger partial charge on any atom is 0.261 e. The van der Waals surface area contributed by atoms with Crippen LogP contribution < -0.4 is 5.32 Å². The summed E-state index contributed by atoms with van der Waals surface area (Å²) in [5.41, 5.74) is 5.97. The largest absolute Gasteiger partial charge is 0.361 e. The first-order valence-corrected chi connectivity index (χ1v) is 10.8. The second-order valence-corrected chi connectivity index (χ2v) is 8.11. The molecule has 5 nitrogen and oxygen atoms in total. The minimum absolute atomic E-state index is 0.0790. The predicted octanol–water partition coefficient (Wildman–Crippen LogP) is 5.49. The standard InChI is InChI=1S/C26H23ClN4O/c1-17-12-20(18(2)31(17)23-7-5-6-22(27)14-23)13-21(15-28)26(32)29-11-10-19-16-30-25-9-4-3-8-24(19)25/h3-9,12-14,16,30H,10-11H2,1-2H3,(H,29,32)/b21-13+. The number of aromatic amines is 1. The lowest BCUT2D eigenvalue weighted by atomic mass is 10.1. The van der Waals surface area contributed by atoms with E-state index in [4.69, 9.17) is 11.6 Å². The Morgan fingerprint density at radius 3 is 2.78 bits per heavy atom. The second kappa shape index (κ2) is 9.17. The number of rotatable bonds is 6. The minimum atomic E-state index is -0.375. The van der Waals surface area contributed by atoms with E-state index in [-0.39, 0.29) is 11.5 Å². The highest BCUT2D eigenvalue weighted by molar-refractivity contribution is 6.30. The lowest BCUT2D eigenvalue weighted by Crippen LogP contribution is -2.26. The minimum Gasteiger partial charge on any atom is -0.361 e. The Kier molecular flexibility index (Phi) is 6.16. The molecule has 6 heteroatoms. The maximum atomic E-state index is 12.7. The molecule has 2 aromatic carbocycles. The fraction of sp³-hybridized carbons (Fsp3) is 0.154. The summed E-state index contributed by atoms with van der Waals surface area (Å²) in [5.74, 6) is -0.375. The Bertz CT molecular complexity index is 1370. The van der Waals surface area contributed by atoms with Gasteiger partial charge in [0.1, 0.15) is 11.6 Å². The Balaban J connectivity index is 1.50. The van der Waals surface area contributed by atoms with Gasteiger partial charge in [0.05, 0.1) is 0 Å². The molecule has 0 spiro atoms. The van der Waals surface area contributed by atoms with Gasteiger partial charge < -0.3 is 14.9 Å². The number of hydrogen-bond acceptors (Lipinski definition) is 2. The van der Waals surface area contributed by atoms with Crippen molar-refractivity contribution in [3.8, 4) is 11.8 Å². The Hall–Kier alpha value is -3.75. The summed E-state index contributed by atoms with van der Waals surface area (Å²) in [6.07, 6.45) is 4.28. The molecule has 0 saturated carbocycles. The zero-order valence-corrected chi connectivity index (χ0v) is 18.7. The van der Waals surface area contributed by atoms with Crippen molar-refractivity contribution in [3.63, 3.8) is 0 Å². The molecule has 0 aliphatic heterocycles. The van der Waals surface area contributed by atoms with Crippen molar-refractivity contribution in [2.45, 2.75) is 20.3 Å². The predicted molar refractivity (Wildman–Crippen MR) is 129 cm³/mol. The third-order valence-electron chi connectivity index (χ3n) is 5.56. The molecule has 0 fully saturated rings. The van der Waals surface area contributed by atoms with Gasteiger partial charge in [0.15, 0.2) is 0 Å². The number of halogens is 1. The highest BCUT2D eigenvalue weighted by Crippen LogP contribution is 2.24. The molecule has 0 aliphatic rings. The van der Waals surface area contributed by atoms with Crippen molar-refractivity contribution in [2.75, 3.05) is 6.54 Å². The summed E-state index contributed by atoms with van der Waals surface area (Å²) < 4.78 is 2.06. The van der Waals surface area contributed by atoms with Crippen molar-refractivity contribution in [2.24, 2.45) is 0 Å². The summed E-state index contributed by atoms with van der Waals surface area (Å²) in [7, 11) is 0. The number of para-hydroxylation sites is 1. The summed E-state index contributed by atoms with van der Waals surface area (Å²) in [5, 5.41) is 14.3. The van der Waals surface area contributed by atoms with Gasteiger partial charge in [-0.3, -0.25) is 4.79 Å². The number of H-pyrrole nitrogens is 1. The van der Waals surface area contributed by atoms with E-state index in [1.165, 1.54) is 0 Å². The molecule has 0 atom stereocenters. The van der Waals surface area contributed by atoms with Crippen LogP contribution in [0.3, 0.4) is 0 Å². The zero-order valence-electron chi connectivity index (χ0n) is 17.9. The fourth-order valence-corrected chi connectivity index (χ4v) is 4.18. The fourth-order valence-electron chi connectivity index (χ4n) is 3.99. The molecule has 0 radical (unpaired) electrons. The number of aromatic nitrogens is 2. The Morgan fingerprint density at radius 1 is 1.19 bits per heavy atom. The Morgan fingerprint density at radius 2 is 2.00 bits per heavy atom. The molecule has 2 heterocycles. The third kappa shape index (κ3) is 4.32. The molecule has 4 rings (SSSR count). The first-order chi connectivity index (χ1) is 15.5. The van der Waals surface area contributed by atoms with Gasteiger partial charge in [-0.2, -0.15) is 5.26 Å². The molecule has 32 heavy (non-hydrogen) atoms. The molecule has 0 saturated heterocycles. The maximum absolute atomic E-state index is 12.7. The van der Waals surface area contributed by atoms with Gasteiger partial charge in [-0.1, -0.05) is 35.9 Å². The number of benzene rings is 2. The SMILES string of the molecule is Cc1cc(/C=C(\C#N)C(=O)NCCc2c[nH]c3ccccc23)c(C)n1-c1cccc(Cl)c1. The summed E-state index contributed by atoms with van der Waals surface area (Å²) in [6.45, 7) is 4.39. The first kappa shape index (κ1) is 21.5. The number of nitrogens with one attached hydrogen (secondary N) is 2. The van der Waals surface area contributed by atoms with E-state index in [1.807, 2.05) is 74.6 Å². The van der Waals surface area contributed by atoms with Crippen molar-refractivity contribution in [3.05, 3.63) is 93.9 Å². The first-order valence-electron chi connectivity index (χ1n) is 10.4. The topological polar surface area (TPSA) is 73.6 Å². The van der Waals surface area contributed by atoms with Crippen molar-refractivity contribution >= 4 is 34.5 Å². The van der Waals surface area contributed by atoms with Gasteiger partial charge in [0.2, 0.25) is 0 Å². The highest BCUT2D eigenvalue weighted by atomic mass is 35.5. The van der Waals surface area contributed by atoms with Crippen LogP contribution in [0.25, 0.3) is 22.7 Å². The molecule has 1 amide bonds. The number of nitriles is 1. The van der Waals surface area contributed by atoms with E-state index in [0.29, 0.717) is 18.0 Å². The van der Waals surface area contributed by atoms with E-state index in [1.54, 1.807) is 6.08 Å². The lowest BCUT2D eigenvalue weighted by molar-refractivity contribution is -0.117. The van der Waals surface area contributed by atoms with Gasteiger partial charge in [-0.05, 0) is 67.8 Å². The van der Waals surface area contributed by atoms with E-state index in [9.17, 15) is 10.1 Å². The van der Waals surface area contributed by atoms with Crippen LogP contribution >= 0.6 is 11.6 Å². The Labute approximate surface area is 191 Å².